The molecule has 1 aromatic rings. The van der Waals surface area contributed by atoms with Gasteiger partial charge in [-0.05, 0) is 30.9 Å². The summed E-state index contributed by atoms with van der Waals surface area (Å²) in [4.78, 5) is 0. The fraction of sp³-hybridized carbons (Fsp3) is 0.588. The van der Waals surface area contributed by atoms with Crippen LogP contribution in [-0.2, 0) is 15.9 Å². The van der Waals surface area contributed by atoms with Gasteiger partial charge in [-0.3, -0.25) is 0 Å². The summed E-state index contributed by atoms with van der Waals surface area (Å²) in [5, 5.41) is 0.809. The van der Waals surface area contributed by atoms with Crippen LogP contribution in [0.2, 0.25) is 5.02 Å². The first-order chi connectivity index (χ1) is 9.72. The molecule has 2 nitrogen and oxygen atoms in total. The van der Waals surface area contributed by atoms with Crippen molar-refractivity contribution in [1.82, 2.24) is 0 Å². The van der Waals surface area contributed by atoms with E-state index < -0.39 is 0 Å². The molecule has 1 radical (unpaired) electrons. The van der Waals surface area contributed by atoms with E-state index in [-0.39, 0.29) is 18.0 Å². The third-order valence-electron chi connectivity index (χ3n) is 4.43. The first-order valence-electron chi connectivity index (χ1n) is 7.61. The molecule has 109 valence electrons. The van der Waals surface area contributed by atoms with Gasteiger partial charge < -0.3 is 9.47 Å². The van der Waals surface area contributed by atoms with Gasteiger partial charge in [0.1, 0.15) is 0 Å². The van der Waals surface area contributed by atoms with E-state index in [4.69, 9.17) is 21.1 Å². The summed E-state index contributed by atoms with van der Waals surface area (Å²) in [6.45, 7) is 4.02. The molecule has 1 aliphatic carbocycles. The van der Waals surface area contributed by atoms with Gasteiger partial charge in [0, 0.05) is 24.3 Å². The fourth-order valence-corrected chi connectivity index (χ4v) is 3.57. The van der Waals surface area contributed by atoms with Crippen molar-refractivity contribution >= 4 is 11.6 Å². The highest BCUT2D eigenvalue weighted by Gasteiger charge is 2.47. The molecule has 20 heavy (non-hydrogen) atoms. The van der Waals surface area contributed by atoms with Crippen molar-refractivity contribution in [3.8, 4) is 0 Å². The molecule has 0 N–H and O–H groups in total. The average molecular weight is 294 g/mol. The van der Waals surface area contributed by atoms with Crippen molar-refractivity contribution < 1.29 is 9.47 Å². The molecule has 2 fully saturated rings. The van der Waals surface area contributed by atoms with Gasteiger partial charge in [-0.15, -0.1) is 0 Å². The van der Waals surface area contributed by atoms with Gasteiger partial charge in [-0.1, -0.05) is 43.1 Å². The van der Waals surface area contributed by atoms with Crippen LogP contribution in [0.4, 0.5) is 0 Å². The van der Waals surface area contributed by atoms with E-state index in [0.717, 1.165) is 36.3 Å². The van der Waals surface area contributed by atoms with E-state index in [0.29, 0.717) is 0 Å². The average Bonchev–Trinajstić information content (AvgIpc) is 2.79. The second kappa shape index (κ2) is 6.05. The van der Waals surface area contributed by atoms with Gasteiger partial charge in [0.05, 0.1) is 12.2 Å². The van der Waals surface area contributed by atoms with Crippen LogP contribution in [-0.4, -0.2) is 18.0 Å². The van der Waals surface area contributed by atoms with Gasteiger partial charge in [-0.2, -0.15) is 0 Å². The summed E-state index contributed by atoms with van der Waals surface area (Å²) in [7, 11) is 0. The predicted molar refractivity (Wildman–Crippen MR) is 80.7 cm³/mol. The summed E-state index contributed by atoms with van der Waals surface area (Å²) < 4.78 is 12.6. The molecule has 1 aromatic carbocycles. The monoisotopic (exact) mass is 293 g/mol. The van der Waals surface area contributed by atoms with Crippen molar-refractivity contribution in [1.29, 1.82) is 0 Å². The molecule has 0 aromatic heterocycles. The predicted octanol–water partition coefficient (Wildman–Crippen LogP) is 4.55. The SMILES string of the molecule is [CH2]CC1OC2(CCCCC2)OC1Cc1ccccc1Cl. The van der Waals surface area contributed by atoms with Crippen LogP contribution in [0.15, 0.2) is 24.3 Å². The minimum atomic E-state index is -0.341. The highest BCUT2D eigenvalue weighted by Crippen LogP contribution is 2.42. The Kier molecular flexibility index (Phi) is 4.34. The van der Waals surface area contributed by atoms with Gasteiger partial charge >= 0.3 is 0 Å². The Hall–Kier alpha value is -0.570. The molecule has 0 amide bonds. The molecular formula is C17H22ClO2. The molecule has 1 aliphatic heterocycles. The van der Waals surface area contributed by atoms with E-state index in [1.807, 2.05) is 18.2 Å². The number of rotatable bonds is 3. The van der Waals surface area contributed by atoms with Crippen molar-refractivity contribution in [2.24, 2.45) is 0 Å². The van der Waals surface area contributed by atoms with Gasteiger partial charge in [-0.25, -0.2) is 0 Å². The number of halogens is 1. The minimum Gasteiger partial charge on any atom is -0.344 e. The topological polar surface area (TPSA) is 18.5 Å². The summed E-state index contributed by atoms with van der Waals surface area (Å²) in [6.07, 6.45) is 7.43. The van der Waals surface area contributed by atoms with Crippen molar-refractivity contribution in [2.45, 2.75) is 62.9 Å². The van der Waals surface area contributed by atoms with Crippen molar-refractivity contribution in [3.05, 3.63) is 41.8 Å². The van der Waals surface area contributed by atoms with Crippen molar-refractivity contribution in [3.63, 3.8) is 0 Å². The van der Waals surface area contributed by atoms with Gasteiger partial charge in [0.15, 0.2) is 5.79 Å². The Morgan fingerprint density at radius 2 is 1.80 bits per heavy atom. The molecular weight excluding hydrogens is 272 g/mol. The summed E-state index contributed by atoms with van der Waals surface area (Å²) >= 11 is 6.26. The molecule has 2 atom stereocenters. The third-order valence-corrected chi connectivity index (χ3v) is 4.79. The second-order valence-electron chi connectivity index (χ2n) is 5.87. The quantitative estimate of drug-likeness (QED) is 0.814. The van der Waals surface area contributed by atoms with Gasteiger partial charge in [0.25, 0.3) is 0 Å². The zero-order valence-corrected chi connectivity index (χ0v) is 12.6. The Balaban J connectivity index is 1.73. The number of benzene rings is 1. The van der Waals surface area contributed by atoms with Crippen LogP contribution in [0.5, 0.6) is 0 Å². The van der Waals surface area contributed by atoms with Gasteiger partial charge in [0.2, 0.25) is 0 Å². The molecule has 2 unspecified atom stereocenters. The van der Waals surface area contributed by atoms with E-state index >= 15 is 0 Å². The second-order valence-corrected chi connectivity index (χ2v) is 6.28. The highest BCUT2D eigenvalue weighted by molar-refractivity contribution is 6.31. The maximum Gasteiger partial charge on any atom is 0.169 e. The van der Waals surface area contributed by atoms with Crippen molar-refractivity contribution in [2.75, 3.05) is 0 Å². The lowest BCUT2D eigenvalue weighted by molar-refractivity contribution is -0.193. The molecule has 2 aliphatic rings. The standard InChI is InChI=1S/C17H22ClO2/c1-2-15-16(12-13-8-4-5-9-14(13)18)20-17(19-15)10-6-3-7-11-17/h4-5,8-9,15-16H,1-3,6-7,10-12H2. The van der Waals surface area contributed by atoms with Crippen LogP contribution in [0, 0.1) is 6.92 Å². The maximum absolute atomic E-state index is 6.33. The van der Waals surface area contributed by atoms with E-state index in [2.05, 4.69) is 13.0 Å². The molecule has 0 bridgehead atoms. The smallest absolute Gasteiger partial charge is 0.169 e. The molecule has 1 saturated carbocycles. The zero-order chi connectivity index (χ0) is 14.0. The maximum atomic E-state index is 6.33. The lowest BCUT2D eigenvalue weighted by Gasteiger charge is -2.32. The molecule has 3 heteroatoms. The largest absolute Gasteiger partial charge is 0.344 e. The first-order valence-corrected chi connectivity index (χ1v) is 7.98. The molecule has 1 heterocycles. The Morgan fingerprint density at radius 3 is 2.50 bits per heavy atom. The van der Waals surface area contributed by atoms with E-state index in [1.54, 1.807) is 0 Å². The first kappa shape index (κ1) is 14.4. The Morgan fingerprint density at radius 1 is 1.10 bits per heavy atom. The highest BCUT2D eigenvalue weighted by atomic mass is 35.5. The fourth-order valence-electron chi connectivity index (χ4n) is 3.36. The normalized spacial score (nSPS) is 28.9. The number of ether oxygens (including phenoxy) is 2. The lowest BCUT2D eigenvalue weighted by atomic mass is 9.94. The summed E-state index contributed by atoms with van der Waals surface area (Å²) in [6, 6.07) is 7.98. The third kappa shape index (κ3) is 2.88. The minimum absolute atomic E-state index is 0.0745. The molecule has 1 saturated heterocycles. The Labute approximate surface area is 126 Å². The van der Waals surface area contributed by atoms with Crippen LogP contribution >= 0.6 is 11.6 Å². The lowest BCUT2D eigenvalue weighted by Crippen LogP contribution is -2.33. The van der Waals surface area contributed by atoms with Crippen LogP contribution in [0.1, 0.15) is 44.1 Å². The van der Waals surface area contributed by atoms with Crippen LogP contribution < -0.4 is 0 Å². The number of hydrogen-bond donors (Lipinski definition) is 0. The molecule has 3 rings (SSSR count). The van der Waals surface area contributed by atoms with Crippen LogP contribution in [0.3, 0.4) is 0 Å². The van der Waals surface area contributed by atoms with Crippen LogP contribution in [0.25, 0.3) is 0 Å². The summed E-state index contributed by atoms with van der Waals surface area (Å²) in [5.74, 6) is -0.341. The molecule has 1 spiro atoms. The Bertz CT molecular complexity index is 454. The summed E-state index contributed by atoms with van der Waals surface area (Å²) in [5.41, 5.74) is 1.13. The van der Waals surface area contributed by atoms with E-state index in [1.165, 1.54) is 19.3 Å². The zero-order valence-electron chi connectivity index (χ0n) is 11.8. The number of hydrogen-bond acceptors (Lipinski definition) is 2. The van der Waals surface area contributed by atoms with E-state index in [9.17, 15) is 0 Å².